The van der Waals surface area contributed by atoms with Gasteiger partial charge in [-0.05, 0) is 53.6 Å². The number of nitrogens with one attached hydrogen (secondary N) is 2. The number of methoxy groups -OCH3 is 1. The predicted octanol–water partition coefficient (Wildman–Crippen LogP) is 4.33. The summed E-state index contributed by atoms with van der Waals surface area (Å²) in [6, 6.07) is 10.7. The fourth-order valence-electron chi connectivity index (χ4n) is 4.65. The number of fused-ring (bicyclic) bond motifs is 2. The summed E-state index contributed by atoms with van der Waals surface area (Å²) in [7, 11) is 1.59. The minimum atomic E-state index is -1.07. The molecule has 2 unspecified atom stereocenters. The number of aromatic nitrogens is 1. The molecular formula is C24H25BrN2O4S. The van der Waals surface area contributed by atoms with E-state index >= 15 is 0 Å². The molecule has 1 amide bonds. The van der Waals surface area contributed by atoms with E-state index in [4.69, 9.17) is 4.74 Å². The summed E-state index contributed by atoms with van der Waals surface area (Å²) < 4.78 is 6.39. The lowest BCUT2D eigenvalue weighted by Crippen LogP contribution is -2.46. The highest BCUT2D eigenvalue weighted by molar-refractivity contribution is 9.10. The van der Waals surface area contributed by atoms with Gasteiger partial charge in [-0.15, -0.1) is 0 Å². The third-order valence-electron chi connectivity index (χ3n) is 6.27. The fraction of sp³-hybridized carbons (Fsp3) is 0.333. The molecule has 2 aromatic carbocycles. The number of ether oxygens (including phenoxy) is 1. The van der Waals surface area contributed by atoms with Crippen molar-refractivity contribution in [3.05, 3.63) is 63.8 Å². The summed E-state index contributed by atoms with van der Waals surface area (Å²) in [6.45, 7) is 0. The molecule has 3 atom stereocenters. The van der Waals surface area contributed by atoms with E-state index in [0.29, 0.717) is 11.5 Å². The van der Waals surface area contributed by atoms with Crippen molar-refractivity contribution in [2.45, 2.75) is 31.2 Å². The summed E-state index contributed by atoms with van der Waals surface area (Å²) >= 11 is 7.94. The van der Waals surface area contributed by atoms with Crippen molar-refractivity contribution in [1.82, 2.24) is 10.3 Å². The Hall–Kier alpha value is -2.45. The van der Waals surface area contributed by atoms with Crippen molar-refractivity contribution in [3.8, 4) is 5.75 Å². The molecule has 0 radical (unpaired) electrons. The number of halogens is 1. The Labute approximate surface area is 200 Å². The number of rotatable bonds is 8. The Bertz CT molecular complexity index is 1160. The van der Waals surface area contributed by atoms with Gasteiger partial charge in [0.2, 0.25) is 5.91 Å². The molecule has 8 heteroatoms. The molecule has 0 spiro atoms. The number of carboxylic acids is 1. The quantitative estimate of drug-likeness (QED) is 0.335. The molecule has 0 saturated carbocycles. The second-order valence-electron chi connectivity index (χ2n) is 8.08. The molecule has 32 heavy (non-hydrogen) atoms. The average molecular weight is 517 g/mol. The van der Waals surface area contributed by atoms with Gasteiger partial charge < -0.3 is 20.1 Å². The number of amides is 1. The molecule has 6 nitrogen and oxygen atoms in total. The number of aliphatic carboxylic acids is 1. The third kappa shape index (κ3) is 4.38. The molecule has 4 rings (SSSR count). The maximum atomic E-state index is 13.2. The first-order valence-electron chi connectivity index (χ1n) is 10.5. The van der Waals surface area contributed by atoms with Gasteiger partial charge in [-0.25, -0.2) is 4.79 Å². The van der Waals surface area contributed by atoms with Gasteiger partial charge in [-0.2, -0.15) is 12.6 Å². The lowest BCUT2D eigenvalue weighted by atomic mass is 9.87. The summed E-state index contributed by atoms with van der Waals surface area (Å²) in [6.07, 6.45) is 3.69. The van der Waals surface area contributed by atoms with E-state index in [-0.39, 0.29) is 18.2 Å². The lowest BCUT2D eigenvalue weighted by molar-refractivity contribution is -0.142. The van der Waals surface area contributed by atoms with Gasteiger partial charge in [0, 0.05) is 28.2 Å². The predicted molar refractivity (Wildman–Crippen MR) is 131 cm³/mol. The minimum absolute atomic E-state index is 0.0300. The molecule has 0 saturated heterocycles. The summed E-state index contributed by atoms with van der Waals surface area (Å²) in [4.78, 5) is 28.4. The van der Waals surface area contributed by atoms with E-state index in [1.54, 1.807) is 13.3 Å². The molecule has 3 aromatic rings. The number of benzene rings is 2. The SMILES string of the molecule is COc1cccc2c(C[C@H](NC(=O)C(CS)C3CCc4cc(Br)ccc43)C(=O)O)c[nH]c12. The van der Waals surface area contributed by atoms with Gasteiger partial charge in [0.25, 0.3) is 0 Å². The van der Waals surface area contributed by atoms with Crippen molar-refractivity contribution in [2.24, 2.45) is 5.92 Å². The topological polar surface area (TPSA) is 91.4 Å². The number of carbonyl (C=O) groups excluding carboxylic acids is 1. The van der Waals surface area contributed by atoms with E-state index in [0.717, 1.165) is 39.3 Å². The highest BCUT2D eigenvalue weighted by atomic mass is 79.9. The largest absolute Gasteiger partial charge is 0.495 e. The van der Waals surface area contributed by atoms with Gasteiger partial charge in [0.05, 0.1) is 18.5 Å². The number of para-hydroxylation sites is 1. The Morgan fingerprint density at radius 2 is 2.16 bits per heavy atom. The first-order valence-corrected chi connectivity index (χ1v) is 11.9. The summed E-state index contributed by atoms with van der Waals surface area (Å²) in [5, 5.41) is 13.5. The van der Waals surface area contributed by atoms with E-state index in [1.807, 2.05) is 24.3 Å². The molecule has 168 valence electrons. The van der Waals surface area contributed by atoms with Gasteiger partial charge >= 0.3 is 5.97 Å². The minimum Gasteiger partial charge on any atom is -0.495 e. The zero-order valence-electron chi connectivity index (χ0n) is 17.6. The first kappa shape index (κ1) is 22.7. The van der Waals surface area contributed by atoms with Crippen LogP contribution in [0.1, 0.15) is 29.0 Å². The third-order valence-corrected chi connectivity index (χ3v) is 7.16. The van der Waals surface area contributed by atoms with Crippen LogP contribution in [-0.4, -0.2) is 40.9 Å². The van der Waals surface area contributed by atoms with Gasteiger partial charge in [-0.3, -0.25) is 4.79 Å². The van der Waals surface area contributed by atoms with Crippen LogP contribution in [0, 0.1) is 5.92 Å². The van der Waals surface area contributed by atoms with Crippen LogP contribution < -0.4 is 10.1 Å². The van der Waals surface area contributed by atoms with Crippen LogP contribution in [0.25, 0.3) is 10.9 Å². The number of H-pyrrole nitrogens is 1. The van der Waals surface area contributed by atoms with E-state index < -0.39 is 17.9 Å². The number of aromatic amines is 1. The van der Waals surface area contributed by atoms with Crippen molar-refractivity contribution in [2.75, 3.05) is 12.9 Å². The van der Waals surface area contributed by atoms with Crippen molar-refractivity contribution in [3.63, 3.8) is 0 Å². The van der Waals surface area contributed by atoms with Crippen molar-refractivity contribution < 1.29 is 19.4 Å². The normalized spacial score (nSPS) is 17.0. The van der Waals surface area contributed by atoms with Crippen LogP contribution in [0.15, 0.2) is 47.1 Å². The number of carboxylic acid groups (broad SMARTS) is 1. The Kier molecular flexibility index (Phi) is 6.81. The molecule has 0 fully saturated rings. The molecular weight excluding hydrogens is 492 g/mol. The average Bonchev–Trinajstić information content (AvgIpc) is 3.37. The molecule has 1 aromatic heterocycles. The Morgan fingerprint density at radius 1 is 1.34 bits per heavy atom. The molecule has 0 bridgehead atoms. The molecule has 3 N–H and O–H groups in total. The van der Waals surface area contributed by atoms with E-state index in [9.17, 15) is 14.7 Å². The van der Waals surface area contributed by atoms with Crippen LogP contribution in [0.3, 0.4) is 0 Å². The van der Waals surface area contributed by atoms with Crippen LogP contribution in [0.2, 0.25) is 0 Å². The number of hydrogen-bond acceptors (Lipinski definition) is 4. The molecule has 1 aliphatic carbocycles. The summed E-state index contributed by atoms with van der Waals surface area (Å²) in [5.74, 6) is -0.669. The highest BCUT2D eigenvalue weighted by Crippen LogP contribution is 2.40. The number of carbonyl (C=O) groups is 2. The molecule has 1 aliphatic rings. The van der Waals surface area contributed by atoms with Crippen LogP contribution in [-0.2, 0) is 22.4 Å². The zero-order chi connectivity index (χ0) is 22.8. The smallest absolute Gasteiger partial charge is 0.326 e. The Morgan fingerprint density at radius 3 is 2.88 bits per heavy atom. The van der Waals surface area contributed by atoms with E-state index in [1.165, 1.54) is 5.56 Å². The lowest BCUT2D eigenvalue weighted by Gasteiger charge is -2.24. The number of hydrogen-bond donors (Lipinski definition) is 4. The van der Waals surface area contributed by atoms with Crippen molar-refractivity contribution in [1.29, 1.82) is 0 Å². The number of aryl methyl sites for hydroxylation is 1. The maximum absolute atomic E-state index is 13.2. The number of thiol groups is 1. The van der Waals surface area contributed by atoms with Gasteiger partial charge in [0.1, 0.15) is 11.8 Å². The molecule has 1 heterocycles. The second-order valence-corrected chi connectivity index (χ2v) is 9.36. The van der Waals surface area contributed by atoms with Gasteiger partial charge in [0.15, 0.2) is 0 Å². The molecule has 0 aliphatic heterocycles. The van der Waals surface area contributed by atoms with Crippen LogP contribution in [0.4, 0.5) is 0 Å². The van der Waals surface area contributed by atoms with Crippen molar-refractivity contribution >= 4 is 51.3 Å². The Balaban J connectivity index is 1.53. The second kappa shape index (κ2) is 9.58. The highest BCUT2D eigenvalue weighted by Gasteiger charge is 2.35. The first-order chi connectivity index (χ1) is 15.4. The summed E-state index contributed by atoms with van der Waals surface area (Å²) in [5.41, 5.74) is 4.00. The van der Waals surface area contributed by atoms with Crippen LogP contribution >= 0.6 is 28.6 Å². The van der Waals surface area contributed by atoms with Gasteiger partial charge in [-0.1, -0.05) is 34.1 Å². The monoisotopic (exact) mass is 516 g/mol. The zero-order valence-corrected chi connectivity index (χ0v) is 20.1. The fourth-order valence-corrected chi connectivity index (χ4v) is 5.48. The van der Waals surface area contributed by atoms with E-state index in [2.05, 4.69) is 51.0 Å². The standard InChI is InChI=1S/C24H25BrN2O4S/c1-31-21-4-2-3-17-14(11-26-22(17)21)10-20(24(29)30)27-23(28)19(12-32)18-7-5-13-9-15(25)6-8-16(13)18/h2-4,6,8-9,11,18-20,26,32H,5,7,10,12H2,1H3,(H,27,28)(H,29,30)/t18?,19?,20-/m0/s1. The maximum Gasteiger partial charge on any atom is 0.326 e. The van der Waals surface area contributed by atoms with Crippen LogP contribution in [0.5, 0.6) is 5.75 Å².